The van der Waals surface area contributed by atoms with Crippen LogP contribution in [-0.4, -0.2) is 38.3 Å². The molecule has 0 bridgehead atoms. The zero-order valence-corrected chi connectivity index (χ0v) is 18.4. The lowest BCUT2D eigenvalue weighted by Gasteiger charge is -2.10. The number of nitrogens with zero attached hydrogens (tertiary/aromatic N) is 1. The van der Waals surface area contributed by atoms with Crippen molar-refractivity contribution in [1.82, 2.24) is 4.98 Å². The second-order valence-corrected chi connectivity index (χ2v) is 7.66. The Kier molecular flexibility index (Phi) is 6.35. The van der Waals surface area contributed by atoms with Crippen molar-refractivity contribution in [3.8, 4) is 5.75 Å². The first kappa shape index (κ1) is 21.1. The van der Waals surface area contributed by atoms with E-state index < -0.39 is 0 Å². The van der Waals surface area contributed by atoms with E-state index in [1.807, 2.05) is 30.5 Å². The summed E-state index contributed by atoms with van der Waals surface area (Å²) in [5.74, 6) is 0.858. The van der Waals surface area contributed by atoms with Gasteiger partial charge in [0, 0.05) is 42.2 Å². The van der Waals surface area contributed by atoms with Crippen LogP contribution >= 0.6 is 0 Å². The van der Waals surface area contributed by atoms with Gasteiger partial charge in [-0.3, -0.25) is 4.99 Å². The maximum Gasteiger partial charge on any atom is 0.176 e. The lowest BCUT2D eigenvalue weighted by atomic mass is 9.99. The lowest BCUT2D eigenvalue weighted by molar-refractivity contribution is -0.0936. The van der Waals surface area contributed by atoms with Crippen LogP contribution in [0.3, 0.4) is 0 Å². The maximum absolute atomic E-state index is 6.07. The second kappa shape index (κ2) is 9.33. The topological polar surface area (TPSA) is 55.8 Å². The zero-order chi connectivity index (χ0) is 21.8. The van der Waals surface area contributed by atoms with E-state index in [4.69, 9.17) is 14.2 Å². The van der Waals surface area contributed by atoms with Crippen molar-refractivity contribution in [2.75, 3.05) is 20.8 Å². The number of aryl methyl sites for hydroxylation is 2. The molecule has 0 spiro atoms. The summed E-state index contributed by atoms with van der Waals surface area (Å²) in [6.45, 7) is 5.26. The van der Waals surface area contributed by atoms with E-state index in [0.717, 1.165) is 33.3 Å². The van der Waals surface area contributed by atoms with Crippen LogP contribution in [0.15, 0.2) is 59.6 Å². The molecule has 0 aliphatic rings. The van der Waals surface area contributed by atoms with Crippen molar-refractivity contribution in [3.05, 3.63) is 76.9 Å². The van der Waals surface area contributed by atoms with Crippen LogP contribution in [0.5, 0.6) is 5.75 Å². The van der Waals surface area contributed by atoms with Crippen LogP contribution in [0.1, 0.15) is 22.3 Å². The summed E-state index contributed by atoms with van der Waals surface area (Å²) in [5.41, 5.74) is 6.85. The molecule has 0 amide bonds. The first-order valence-electron chi connectivity index (χ1n) is 10.4. The third-order valence-electron chi connectivity index (χ3n) is 5.60. The Balaban J connectivity index is 1.68. The van der Waals surface area contributed by atoms with Gasteiger partial charge in [0.1, 0.15) is 12.4 Å². The molecule has 160 valence electrons. The van der Waals surface area contributed by atoms with E-state index in [1.165, 1.54) is 16.5 Å². The molecule has 0 saturated heterocycles. The van der Waals surface area contributed by atoms with Gasteiger partial charge in [0.25, 0.3) is 0 Å². The number of hydrogen-bond donors (Lipinski definition) is 1. The minimum absolute atomic E-state index is 0.334. The largest absolute Gasteiger partial charge is 0.489 e. The number of benzene rings is 3. The van der Waals surface area contributed by atoms with Crippen LogP contribution in [0.25, 0.3) is 21.8 Å². The Morgan fingerprint density at radius 2 is 1.77 bits per heavy atom. The third kappa shape index (κ3) is 4.48. The summed E-state index contributed by atoms with van der Waals surface area (Å²) in [4.78, 5) is 8.10. The average Bonchev–Trinajstić information content (AvgIpc) is 3.19. The fourth-order valence-electron chi connectivity index (χ4n) is 3.86. The molecule has 4 rings (SSSR count). The van der Waals surface area contributed by atoms with Crippen LogP contribution < -0.4 is 4.74 Å². The van der Waals surface area contributed by atoms with E-state index in [0.29, 0.717) is 13.2 Å². The summed E-state index contributed by atoms with van der Waals surface area (Å²) in [5, 5.41) is 2.36. The summed E-state index contributed by atoms with van der Waals surface area (Å²) >= 11 is 0. The number of aromatic amines is 1. The van der Waals surface area contributed by atoms with Crippen molar-refractivity contribution in [3.63, 3.8) is 0 Å². The molecule has 0 aliphatic heterocycles. The quantitative estimate of drug-likeness (QED) is 0.302. The number of nitrogens with one attached hydrogen (secondary N) is 1. The van der Waals surface area contributed by atoms with Crippen LogP contribution in [0.2, 0.25) is 0 Å². The van der Waals surface area contributed by atoms with E-state index in [-0.39, 0.29) is 6.29 Å². The summed E-state index contributed by atoms with van der Waals surface area (Å²) in [6, 6.07) is 18.6. The number of H-pyrrole nitrogens is 1. The molecule has 3 aromatic carbocycles. The van der Waals surface area contributed by atoms with E-state index in [9.17, 15) is 0 Å². The van der Waals surface area contributed by atoms with Crippen LogP contribution in [0, 0.1) is 13.8 Å². The highest BCUT2D eigenvalue weighted by atomic mass is 16.7. The van der Waals surface area contributed by atoms with Gasteiger partial charge in [-0.2, -0.15) is 0 Å². The van der Waals surface area contributed by atoms with Crippen molar-refractivity contribution in [2.45, 2.75) is 26.7 Å². The Hall–Kier alpha value is -3.15. The number of hydrogen-bond acceptors (Lipinski definition) is 4. The standard InChI is InChI=1S/C26H28N2O3/c1-17-12-20(14-27-15-24(29-3)30-4)18(2)25-22-13-21(10-11-23(22)28-26(17)25)31-16-19-8-6-5-7-9-19/h5-14,24,28H,15-16H2,1-4H3. The van der Waals surface area contributed by atoms with Gasteiger partial charge in [-0.05, 0) is 60.4 Å². The molecule has 0 aliphatic carbocycles. The average molecular weight is 417 g/mol. The van der Waals surface area contributed by atoms with Gasteiger partial charge < -0.3 is 19.2 Å². The number of aliphatic imine (C=N–C) groups is 1. The zero-order valence-electron chi connectivity index (χ0n) is 18.4. The molecule has 5 heteroatoms. The molecule has 4 aromatic rings. The number of fused-ring (bicyclic) bond motifs is 3. The molecule has 1 N–H and O–H groups in total. The third-order valence-corrected chi connectivity index (χ3v) is 5.60. The molecule has 0 unspecified atom stereocenters. The number of ether oxygens (including phenoxy) is 3. The van der Waals surface area contributed by atoms with Crippen molar-refractivity contribution in [2.24, 2.45) is 4.99 Å². The van der Waals surface area contributed by atoms with E-state index >= 15 is 0 Å². The Morgan fingerprint density at radius 1 is 1.00 bits per heavy atom. The predicted octanol–water partition coefficient (Wildman–Crippen LogP) is 5.55. The number of methoxy groups -OCH3 is 2. The van der Waals surface area contributed by atoms with Crippen LogP contribution in [0.4, 0.5) is 0 Å². The van der Waals surface area contributed by atoms with Gasteiger partial charge in [-0.25, -0.2) is 0 Å². The molecule has 31 heavy (non-hydrogen) atoms. The van der Waals surface area contributed by atoms with Gasteiger partial charge in [0.2, 0.25) is 0 Å². The fraction of sp³-hybridized carbons (Fsp3) is 0.269. The minimum Gasteiger partial charge on any atom is -0.489 e. The van der Waals surface area contributed by atoms with E-state index in [1.54, 1.807) is 14.2 Å². The molecule has 0 fully saturated rings. The summed E-state index contributed by atoms with van der Waals surface area (Å²) in [6.07, 6.45) is 1.57. The first-order chi connectivity index (χ1) is 15.1. The van der Waals surface area contributed by atoms with Gasteiger partial charge in [0.15, 0.2) is 6.29 Å². The normalized spacial score (nSPS) is 11.9. The van der Waals surface area contributed by atoms with Gasteiger partial charge >= 0.3 is 0 Å². The highest BCUT2D eigenvalue weighted by Crippen LogP contribution is 2.34. The maximum atomic E-state index is 6.07. The number of rotatable bonds is 8. The molecule has 0 radical (unpaired) electrons. The van der Waals surface area contributed by atoms with Crippen molar-refractivity contribution < 1.29 is 14.2 Å². The Bertz CT molecular complexity index is 1210. The van der Waals surface area contributed by atoms with E-state index in [2.05, 4.69) is 54.2 Å². The van der Waals surface area contributed by atoms with Crippen molar-refractivity contribution >= 4 is 28.0 Å². The lowest BCUT2D eigenvalue weighted by Crippen LogP contribution is -2.16. The molecule has 1 heterocycles. The molecule has 0 saturated carbocycles. The second-order valence-electron chi connectivity index (χ2n) is 7.66. The van der Waals surface area contributed by atoms with Crippen molar-refractivity contribution in [1.29, 1.82) is 0 Å². The van der Waals surface area contributed by atoms with Gasteiger partial charge in [-0.15, -0.1) is 0 Å². The Labute approximate surface area is 182 Å². The SMILES string of the molecule is COC(CN=Cc1cc(C)c2[nH]c3ccc(OCc4ccccc4)cc3c2c1C)OC. The summed E-state index contributed by atoms with van der Waals surface area (Å²) in [7, 11) is 3.24. The monoisotopic (exact) mass is 416 g/mol. The fourth-order valence-corrected chi connectivity index (χ4v) is 3.86. The van der Waals surface area contributed by atoms with Gasteiger partial charge in [0.05, 0.1) is 6.54 Å². The smallest absolute Gasteiger partial charge is 0.176 e. The first-order valence-corrected chi connectivity index (χ1v) is 10.4. The number of aromatic nitrogens is 1. The summed E-state index contributed by atoms with van der Waals surface area (Å²) < 4.78 is 16.5. The highest BCUT2D eigenvalue weighted by Gasteiger charge is 2.13. The predicted molar refractivity (Wildman–Crippen MR) is 126 cm³/mol. The minimum atomic E-state index is -0.334. The van der Waals surface area contributed by atoms with Gasteiger partial charge in [-0.1, -0.05) is 30.3 Å². The molecule has 0 atom stereocenters. The molecule has 5 nitrogen and oxygen atoms in total. The molecular formula is C26H28N2O3. The highest BCUT2D eigenvalue weighted by molar-refractivity contribution is 6.12. The molecule has 1 aromatic heterocycles. The molecular weight excluding hydrogens is 388 g/mol. The Morgan fingerprint density at radius 3 is 2.52 bits per heavy atom. The van der Waals surface area contributed by atoms with Crippen LogP contribution in [-0.2, 0) is 16.1 Å².